The van der Waals surface area contributed by atoms with E-state index in [1.165, 1.54) is 18.3 Å². The number of piperidine rings is 1. The van der Waals surface area contributed by atoms with Gasteiger partial charge in [0.25, 0.3) is 0 Å². The molecule has 1 aliphatic carbocycles. The van der Waals surface area contributed by atoms with E-state index in [1.54, 1.807) is 0 Å². The normalized spacial score (nSPS) is 21.5. The van der Waals surface area contributed by atoms with Crippen molar-refractivity contribution >= 4 is 34.7 Å². The highest BCUT2D eigenvalue weighted by Crippen LogP contribution is 2.37. The molecule has 1 saturated heterocycles. The minimum atomic E-state index is -0.720. The van der Waals surface area contributed by atoms with Crippen molar-refractivity contribution in [1.29, 1.82) is 0 Å². The van der Waals surface area contributed by atoms with E-state index < -0.39 is 11.6 Å². The Balaban J connectivity index is 1.36. The summed E-state index contributed by atoms with van der Waals surface area (Å²) in [5.74, 6) is -0.796. The number of hydrogen-bond donors (Lipinski definition) is 4. The Kier molecular flexibility index (Phi) is 6.27. The van der Waals surface area contributed by atoms with Crippen LogP contribution in [0.2, 0.25) is 0 Å². The lowest BCUT2D eigenvalue weighted by molar-refractivity contribution is -0.127. The van der Waals surface area contributed by atoms with E-state index in [2.05, 4.69) is 30.9 Å². The number of hydrogen-bond acceptors (Lipinski definition) is 7. The van der Waals surface area contributed by atoms with Gasteiger partial charge in [-0.05, 0) is 63.7 Å². The minimum absolute atomic E-state index is 0.00626. The van der Waals surface area contributed by atoms with Gasteiger partial charge in [0.2, 0.25) is 17.8 Å². The van der Waals surface area contributed by atoms with E-state index in [1.807, 2.05) is 4.57 Å². The van der Waals surface area contributed by atoms with Crippen LogP contribution in [0.4, 0.5) is 26.4 Å². The Morgan fingerprint density at radius 2 is 1.85 bits per heavy atom. The van der Waals surface area contributed by atoms with Gasteiger partial charge in [0.05, 0.1) is 11.9 Å². The predicted molar refractivity (Wildman–Crippen MR) is 124 cm³/mol. The van der Waals surface area contributed by atoms with Gasteiger partial charge in [-0.25, -0.2) is 18.7 Å². The van der Waals surface area contributed by atoms with Crippen molar-refractivity contribution in [2.24, 2.45) is 5.92 Å². The summed E-state index contributed by atoms with van der Waals surface area (Å²) in [6, 6.07) is 3.57. The van der Waals surface area contributed by atoms with E-state index in [0.29, 0.717) is 17.1 Å². The molecule has 3 aromatic rings. The summed E-state index contributed by atoms with van der Waals surface area (Å²) in [6.45, 7) is 1.86. The molecule has 5 rings (SSSR count). The highest BCUT2D eigenvalue weighted by molar-refractivity contribution is 5.79. The third-order valence-electron chi connectivity index (χ3n) is 6.75. The molecule has 1 aromatic carbocycles. The second kappa shape index (κ2) is 9.49. The number of imidazole rings is 1. The number of amides is 1. The van der Waals surface area contributed by atoms with Crippen LogP contribution in [0.15, 0.2) is 24.4 Å². The first kappa shape index (κ1) is 22.5. The minimum Gasteiger partial charge on any atom is -0.368 e. The van der Waals surface area contributed by atoms with E-state index in [9.17, 15) is 13.6 Å². The largest absolute Gasteiger partial charge is 0.368 e. The number of carbonyl (C=O) groups is 1. The number of nitrogen functional groups attached to an aromatic ring is 1. The molecular weight excluding hydrogens is 442 g/mol. The van der Waals surface area contributed by atoms with Crippen LogP contribution in [0.3, 0.4) is 0 Å². The van der Waals surface area contributed by atoms with E-state index in [-0.39, 0.29) is 35.5 Å². The maximum absolute atomic E-state index is 14.3. The highest BCUT2D eigenvalue weighted by atomic mass is 19.1. The fraction of sp³-hybridized carbons (Fsp3) is 0.478. The van der Waals surface area contributed by atoms with Crippen molar-refractivity contribution in [2.75, 3.05) is 24.1 Å². The number of aromatic nitrogens is 4. The molecule has 2 fully saturated rings. The number of nitrogens with zero attached hydrogens (tertiary/aromatic N) is 4. The number of benzene rings is 1. The third-order valence-corrected chi connectivity index (χ3v) is 6.75. The third kappa shape index (κ3) is 4.65. The highest BCUT2D eigenvalue weighted by Gasteiger charge is 2.31. The Labute approximate surface area is 195 Å². The molecule has 0 unspecified atom stereocenters. The van der Waals surface area contributed by atoms with Gasteiger partial charge in [-0.3, -0.25) is 9.36 Å². The summed E-state index contributed by atoms with van der Waals surface area (Å²) in [5, 5.41) is 9.50. The van der Waals surface area contributed by atoms with Crippen molar-refractivity contribution < 1.29 is 13.6 Å². The second-order valence-electron chi connectivity index (χ2n) is 9.03. The van der Waals surface area contributed by atoms with Crippen LogP contribution in [0.5, 0.6) is 0 Å². The quantitative estimate of drug-likeness (QED) is 0.452. The number of rotatable bonds is 5. The zero-order valence-electron chi connectivity index (χ0n) is 18.7. The Hall–Kier alpha value is -3.34. The second-order valence-corrected chi connectivity index (χ2v) is 9.03. The lowest BCUT2D eigenvalue weighted by Crippen LogP contribution is -2.45. The summed E-state index contributed by atoms with van der Waals surface area (Å²) in [7, 11) is 0. The lowest BCUT2D eigenvalue weighted by Gasteiger charge is -2.31. The monoisotopic (exact) mass is 470 g/mol. The summed E-state index contributed by atoms with van der Waals surface area (Å²) in [4.78, 5) is 25.7. The molecule has 0 bridgehead atoms. The number of anilines is 3. The molecule has 11 heteroatoms. The van der Waals surface area contributed by atoms with Crippen LogP contribution < -0.4 is 21.7 Å². The van der Waals surface area contributed by atoms with Crippen LogP contribution in [0, 0.1) is 17.6 Å². The van der Waals surface area contributed by atoms with Gasteiger partial charge in [0, 0.05) is 24.1 Å². The van der Waals surface area contributed by atoms with E-state index >= 15 is 0 Å². The maximum atomic E-state index is 14.3. The van der Waals surface area contributed by atoms with Gasteiger partial charge in [0.15, 0.2) is 5.65 Å². The van der Waals surface area contributed by atoms with E-state index in [0.717, 1.165) is 57.7 Å². The van der Waals surface area contributed by atoms with Gasteiger partial charge in [0.1, 0.15) is 17.2 Å². The average Bonchev–Trinajstić information content (AvgIpc) is 3.18. The van der Waals surface area contributed by atoms with Crippen molar-refractivity contribution in [1.82, 2.24) is 30.2 Å². The Morgan fingerprint density at radius 3 is 2.59 bits per heavy atom. The number of nitrogens with two attached hydrogens (primary N) is 1. The van der Waals surface area contributed by atoms with Crippen molar-refractivity contribution in [2.45, 2.75) is 50.6 Å². The smallest absolute Gasteiger partial charge is 0.223 e. The molecule has 0 atom stereocenters. The molecule has 3 heterocycles. The van der Waals surface area contributed by atoms with Gasteiger partial charge >= 0.3 is 0 Å². The first-order valence-electron chi connectivity index (χ1n) is 11.7. The van der Waals surface area contributed by atoms with Crippen LogP contribution in [-0.4, -0.2) is 44.6 Å². The first-order chi connectivity index (χ1) is 16.5. The van der Waals surface area contributed by atoms with Crippen molar-refractivity contribution in [3.63, 3.8) is 0 Å². The molecule has 1 amide bonds. The Morgan fingerprint density at radius 1 is 1.09 bits per heavy atom. The maximum Gasteiger partial charge on any atom is 0.223 e. The SMILES string of the molecule is Nc1ncc2nc(Nc3ccc(F)cc3F)n(C3CCC(C(=O)NC4CCNCC4)CC3)c2n1. The van der Waals surface area contributed by atoms with Gasteiger partial charge < -0.3 is 21.7 Å². The zero-order chi connectivity index (χ0) is 23.7. The summed E-state index contributed by atoms with van der Waals surface area (Å²) in [5.41, 5.74) is 7.00. The molecule has 9 nitrogen and oxygen atoms in total. The number of carbonyl (C=O) groups excluding carboxylic acids is 1. The molecular formula is C23H28F2N8O. The standard InChI is InChI=1S/C23H28F2N8O/c24-14-3-6-18(17(25)11-14)30-23-31-19-12-28-22(26)32-20(19)33(23)16-4-1-13(2-5-16)21(34)29-15-7-9-27-10-8-15/h3,6,11-13,15-16,27H,1-2,4-5,7-10H2,(H,29,34)(H,30,31)(H2,26,28,32). The van der Waals surface area contributed by atoms with Crippen LogP contribution in [-0.2, 0) is 4.79 Å². The van der Waals surface area contributed by atoms with Gasteiger partial charge in [-0.15, -0.1) is 0 Å². The predicted octanol–water partition coefficient (Wildman–Crippen LogP) is 3.03. The van der Waals surface area contributed by atoms with Crippen molar-refractivity contribution in [3.05, 3.63) is 36.0 Å². The molecule has 2 aromatic heterocycles. The number of fused-ring (bicyclic) bond motifs is 1. The zero-order valence-corrected chi connectivity index (χ0v) is 18.7. The molecule has 180 valence electrons. The molecule has 0 radical (unpaired) electrons. The fourth-order valence-electron chi connectivity index (χ4n) is 4.93. The fourth-order valence-corrected chi connectivity index (χ4v) is 4.93. The molecule has 5 N–H and O–H groups in total. The number of halogens is 2. The topological polar surface area (TPSA) is 123 Å². The molecule has 34 heavy (non-hydrogen) atoms. The van der Waals surface area contributed by atoms with Crippen LogP contribution in [0.1, 0.15) is 44.6 Å². The van der Waals surface area contributed by atoms with Gasteiger partial charge in [-0.2, -0.15) is 4.98 Å². The lowest BCUT2D eigenvalue weighted by atomic mass is 9.85. The summed E-state index contributed by atoms with van der Waals surface area (Å²) < 4.78 is 29.6. The molecule has 1 saturated carbocycles. The summed E-state index contributed by atoms with van der Waals surface area (Å²) >= 11 is 0. The van der Waals surface area contributed by atoms with Crippen LogP contribution in [0.25, 0.3) is 11.2 Å². The number of nitrogens with one attached hydrogen (secondary N) is 3. The summed E-state index contributed by atoms with van der Waals surface area (Å²) in [6.07, 6.45) is 6.37. The molecule has 0 spiro atoms. The Bertz CT molecular complexity index is 1190. The molecule has 1 aliphatic heterocycles. The molecule has 2 aliphatic rings. The van der Waals surface area contributed by atoms with Crippen LogP contribution >= 0.6 is 0 Å². The average molecular weight is 471 g/mol. The van der Waals surface area contributed by atoms with E-state index in [4.69, 9.17) is 5.73 Å². The van der Waals surface area contributed by atoms with Gasteiger partial charge in [-0.1, -0.05) is 0 Å². The van der Waals surface area contributed by atoms with Crippen molar-refractivity contribution in [3.8, 4) is 0 Å². The first-order valence-corrected chi connectivity index (χ1v) is 11.7.